The molecular formula is C21H18F4N2O4S. The summed E-state index contributed by atoms with van der Waals surface area (Å²) >= 11 is 0. The zero-order chi connectivity index (χ0) is 23.7. The average Bonchev–Trinajstić information content (AvgIpc) is 3.18. The van der Waals surface area contributed by atoms with Crippen molar-refractivity contribution in [1.29, 1.82) is 0 Å². The van der Waals surface area contributed by atoms with Crippen molar-refractivity contribution in [2.24, 2.45) is 0 Å². The van der Waals surface area contributed by atoms with E-state index in [1.165, 1.54) is 36.4 Å². The van der Waals surface area contributed by atoms with E-state index in [0.29, 0.717) is 5.56 Å². The lowest BCUT2D eigenvalue weighted by molar-refractivity contribution is -0.137. The van der Waals surface area contributed by atoms with Gasteiger partial charge in [-0.1, -0.05) is 18.2 Å². The predicted molar refractivity (Wildman–Crippen MR) is 110 cm³/mol. The Labute approximate surface area is 181 Å². The lowest BCUT2D eigenvalue weighted by Crippen LogP contribution is -2.26. The monoisotopic (exact) mass is 470 g/mol. The maximum absolute atomic E-state index is 14.2. The number of anilines is 1. The van der Waals surface area contributed by atoms with Crippen molar-refractivity contribution >= 4 is 21.6 Å². The summed E-state index contributed by atoms with van der Waals surface area (Å²) in [5.41, 5.74) is -0.559. The van der Waals surface area contributed by atoms with Gasteiger partial charge in [-0.2, -0.15) is 13.2 Å². The van der Waals surface area contributed by atoms with Crippen LogP contribution in [0.25, 0.3) is 11.3 Å². The molecule has 1 amide bonds. The van der Waals surface area contributed by atoms with Crippen LogP contribution in [0.15, 0.2) is 59.0 Å². The fraction of sp³-hybridized carbons (Fsp3) is 0.190. The van der Waals surface area contributed by atoms with Crippen LogP contribution >= 0.6 is 0 Å². The third-order valence-electron chi connectivity index (χ3n) is 4.44. The zero-order valence-electron chi connectivity index (χ0n) is 16.8. The minimum atomic E-state index is -4.51. The topological polar surface area (TPSA) is 88.4 Å². The van der Waals surface area contributed by atoms with Crippen LogP contribution in [0.5, 0.6) is 0 Å². The average molecular weight is 470 g/mol. The van der Waals surface area contributed by atoms with E-state index in [0.717, 1.165) is 24.5 Å². The van der Waals surface area contributed by atoms with E-state index in [1.54, 1.807) is 6.92 Å². The molecule has 32 heavy (non-hydrogen) atoms. The minimum absolute atomic E-state index is 0.0798. The molecule has 3 aromatic rings. The Balaban J connectivity index is 1.73. The molecule has 6 nitrogen and oxygen atoms in total. The number of hydrogen-bond acceptors (Lipinski definition) is 4. The summed E-state index contributed by atoms with van der Waals surface area (Å²) in [5, 5.41) is 2.59. The van der Waals surface area contributed by atoms with Gasteiger partial charge in [0.25, 0.3) is 5.91 Å². The van der Waals surface area contributed by atoms with Crippen LogP contribution in [-0.2, 0) is 16.2 Å². The first-order valence-corrected chi connectivity index (χ1v) is 11.1. The number of nitrogens with one attached hydrogen (secondary N) is 2. The van der Waals surface area contributed by atoms with Crippen LogP contribution in [0.1, 0.15) is 34.6 Å². The van der Waals surface area contributed by atoms with Gasteiger partial charge in [-0.3, -0.25) is 9.52 Å². The second-order valence-electron chi connectivity index (χ2n) is 7.05. The Morgan fingerprint density at radius 2 is 1.78 bits per heavy atom. The molecule has 0 spiro atoms. The highest BCUT2D eigenvalue weighted by Crippen LogP contribution is 2.32. The van der Waals surface area contributed by atoms with E-state index in [4.69, 9.17) is 4.42 Å². The molecule has 11 heteroatoms. The highest BCUT2D eigenvalue weighted by Gasteiger charge is 2.30. The Morgan fingerprint density at radius 1 is 1.06 bits per heavy atom. The number of rotatable bonds is 6. The van der Waals surface area contributed by atoms with E-state index in [9.17, 15) is 30.8 Å². The molecule has 0 fully saturated rings. The zero-order valence-corrected chi connectivity index (χ0v) is 17.6. The van der Waals surface area contributed by atoms with Crippen LogP contribution in [-0.4, -0.2) is 20.6 Å². The van der Waals surface area contributed by atoms with Gasteiger partial charge in [0, 0.05) is 5.56 Å². The number of halogens is 4. The van der Waals surface area contributed by atoms with Crippen molar-refractivity contribution in [2.75, 3.05) is 11.0 Å². The molecule has 3 rings (SSSR count). The maximum atomic E-state index is 14.2. The van der Waals surface area contributed by atoms with Crippen molar-refractivity contribution in [3.05, 3.63) is 77.3 Å². The molecule has 1 aromatic heterocycles. The van der Waals surface area contributed by atoms with Crippen LogP contribution in [0.4, 0.5) is 23.2 Å². The second-order valence-corrected chi connectivity index (χ2v) is 8.80. The first kappa shape index (κ1) is 23.3. The van der Waals surface area contributed by atoms with Crippen molar-refractivity contribution in [3.8, 4) is 11.3 Å². The van der Waals surface area contributed by atoms with Crippen molar-refractivity contribution < 1.29 is 35.2 Å². The molecule has 0 aliphatic carbocycles. The molecule has 0 bridgehead atoms. The fourth-order valence-electron chi connectivity index (χ4n) is 2.90. The number of hydrogen-bond donors (Lipinski definition) is 2. The Morgan fingerprint density at radius 3 is 2.41 bits per heavy atom. The van der Waals surface area contributed by atoms with E-state index in [-0.39, 0.29) is 22.8 Å². The fourth-order valence-corrected chi connectivity index (χ4v) is 3.46. The lowest BCUT2D eigenvalue weighted by atomic mass is 10.1. The first-order chi connectivity index (χ1) is 14.8. The highest BCUT2D eigenvalue weighted by atomic mass is 32.2. The molecule has 0 saturated heterocycles. The van der Waals surface area contributed by atoms with Gasteiger partial charge in [0.05, 0.1) is 23.5 Å². The molecule has 1 unspecified atom stereocenters. The third kappa shape index (κ3) is 5.67. The number of benzene rings is 2. The van der Waals surface area contributed by atoms with E-state index < -0.39 is 39.5 Å². The SMILES string of the molecule is CC(NC(=O)c1ccc(-c2cccc(C(F)(F)F)c2)o1)c1ccc(NS(C)(=O)=O)c(F)c1. The summed E-state index contributed by atoms with van der Waals surface area (Å²) in [5.74, 6) is -1.54. The third-order valence-corrected chi connectivity index (χ3v) is 5.03. The molecule has 1 heterocycles. The quantitative estimate of drug-likeness (QED) is 0.498. The van der Waals surface area contributed by atoms with Gasteiger partial charge in [0.15, 0.2) is 5.76 Å². The molecule has 2 N–H and O–H groups in total. The van der Waals surface area contributed by atoms with E-state index in [1.807, 2.05) is 4.72 Å². The Hall–Kier alpha value is -3.34. The van der Waals surface area contributed by atoms with Gasteiger partial charge < -0.3 is 9.73 Å². The summed E-state index contributed by atoms with van der Waals surface area (Å²) in [6.07, 6.45) is -3.62. The molecule has 170 valence electrons. The molecule has 0 radical (unpaired) electrons. The summed E-state index contributed by atoms with van der Waals surface area (Å²) < 4.78 is 82.8. The van der Waals surface area contributed by atoms with Crippen molar-refractivity contribution in [1.82, 2.24) is 5.32 Å². The number of sulfonamides is 1. The van der Waals surface area contributed by atoms with Gasteiger partial charge in [-0.05, 0) is 48.9 Å². The molecule has 1 atom stereocenters. The predicted octanol–water partition coefficient (Wildman–Crippen LogP) is 4.97. The maximum Gasteiger partial charge on any atom is 0.416 e. The number of carbonyl (C=O) groups excluding carboxylic acids is 1. The first-order valence-electron chi connectivity index (χ1n) is 9.19. The van der Waals surface area contributed by atoms with E-state index in [2.05, 4.69) is 5.32 Å². The normalized spacial score (nSPS) is 12.9. The van der Waals surface area contributed by atoms with Crippen molar-refractivity contribution in [3.63, 3.8) is 0 Å². The van der Waals surface area contributed by atoms with Crippen LogP contribution in [0.2, 0.25) is 0 Å². The summed E-state index contributed by atoms with van der Waals surface area (Å²) in [4.78, 5) is 12.5. The largest absolute Gasteiger partial charge is 0.451 e. The molecule has 2 aromatic carbocycles. The van der Waals surface area contributed by atoms with Crippen LogP contribution in [0, 0.1) is 5.82 Å². The standard InChI is InChI=1S/C21H18F4N2O4S/c1-12(13-6-7-17(16(22)11-13)27-32(2,29)30)26-20(28)19-9-8-18(31-19)14-4-3-5-15(10-14)21(23,24)25/h3-12,27H,1-2H3,(H,26,28). The van der Waals surface area contributed by atoms with Gasteiger partial charge in [-0.25, -0.2) is 12.8 Å². The molecule has 0 saturated carbocycles. The van der Waals surface area contributed by atoms with Gasteiger partial charge in [-0.15, -0.1) is 0 Å². The Kier molecular flexibility index (Phi) is 6.31. The minimum Gasteiger partial charge on any atom is -0.451 e. The summed E-state index contributed by atoms with van der Waals surface area (Å²) in [7, 11) is -3.65. The molecule has 0 aliphatic heterocycles. The van der Waals surface area contributed by atoms with Crippen LogP contribution in [0.3, 0.4) is 0 Å². The lowest BCUT2D eigenvalue weighted by Gasteiger charge is -2.15. The van der Waals surface area contributed by atoms with Crippen LogP contribution < -0.4 is 10.0 Å². The number of amides is 1. The summed E-state index contributed by atoms with van der Waals surface area (Å²) in [6.45, 7) is 1.58. The van der Waals surface area contributed by atoms with Gasteiger partial charge >= 0.3 is 6.18 Å². The molecule has 0 aliphatic rings. The second kappa shape index (κ2) is 8.65. The Bertz CT molecular complexity index is 1250. The highest BCUT2D eigenvalue weighted by molar-refractivity contribution is 7.92. The number of alkyl halides is 3. The smallest absolute Gasteiger partial charge is 0.416 e. The molecular weight excluding hydrogens is 452 g/mol. The summed E-state index contributed by atoms with van der Waals surface area (Å²) in [6, 6.07) is 10.3. The number of carbonyl (C=O) groups is 1. The van der Waals surface area contributed by atoms with Gasteiger partial charge in [0.1, 0.15) is 11.6 Å². The van der Waals surface area contributed by atoms with Crippen molar-refractivity contribution in [2.45, 2.75) is 19.1 Å². The van der Waals surface area contributed by atoms with E-state index >= 15 is 0 Å². The number of furan rings is 1. The van der Waals surface area contributed by atoms with Gasteiger partial charge in [0.2, 0.25) is 10.0 Å².